The number of fused-ring (bicyclic) bond motifs is 8. The molecule has 266 valence electrons. The smallest absolute Gasteiger partial charge is 0.311 e. The largest absolute Gasteiger partial charge is 0.478 e. The Balaban J connectivity index is 1.21. The molecule has 4 fully saturated rings. The van der Waals surface area contributed by atoms with Crippen molar-refractivity contribution in [3.05, 3.63) is 52.6 Å². The van der Waals surface area contributed by atoms with E-state index in [9.17, 15) is 4.79 Å². The number of esters is 1. The van der Waals surface area contributed by atoms with Gasteiger partial charge in [-0.3, -0.25) is 4.79 Å². The molecule has 11 atom stereocenters. The van der Waals surface area contributed by atoms with Crippen molar-refractivity contribution >= 4 is 12.0 Å². The van der Waals surface area contributed by atoms with Crippen molar-refractivity contribution in [2.45, 2.75) is 150 Å². The van der Waals surface area contributed by atoms with Gasteiger partial charge >= 0.3 is 5.97 Å². The lowest BCUT2D eigenvalue weighted by Gasteiger charge is -2.71. The average Bonchev–Trinajstić information content (AvgIpc) is 3.27. The van der Waals surface area contributed by atoms with Gasteiger partial charge in [0.25, 0.3) is 0 Å². The highest BCUT2D eigenvalue weighted by Gasteiger charge is 2.69. The molecule has 4 saturated carbocycles. The zero-order valence-corrected chi connectivity index (χ0v) is 32.2. The van der Waals surface area contributed by atoms with Crippen molar-refractivity contribution in [2.24, 2.45) is 45.3 Å². The van der Waals surface area contributed by atoms with E-state index in [-0.39, 0.29) is 27.6 Å². The first-order chi connectivity index (χ1) is 22.9. The first kappa shape index (κ1) is 33.6. The number of hydrogen-bond donors (Lipinski definition) is 0. The van der Waals surface area contributed by atoms with Crippen molar-refractivity contribution in [1.29, 1.82) is 0 Å². The van der Waals surface area contributed by atoms with Gasteiger partial charge in [0.15, 0.2) is 22.7 Å². The van der Waals surface area contributed by atoms with Crippen LogP contribution in [0.15, 0.2) is 35.9 Å². The van der Waals surface area contributed by atoms with Crippen LogP contribution in [-0.2, 0) is 14.9 Å². The van der Waals surface area contributed by atoms with Gasteiger partial charge in [-0.25, -0.2) is 0 Å². The van der Waals surface area contributed by atoms with Gasteiger partial charge in [0.2, 0.25) is 0 Å². The average molecular weight is 667 g/mol. The molecule has 0 aromatic heterocycles. The minimum Gasteiger partial charge on any atom is -0.478 e. The van der Waals surface area contributed by atoms with E-state index < -0.39 is 16.6 Å². The molecule has 0 amide bonds. The van der Waals surface area contributed by atoms with Gasteiger partial charge in [0, 0.05) is 29.7 Å². The summed E-state index contributed by atoms with van der Waals surface area (Å²) in [5.74, 6) is 3.59. The van der Waals surface area contributed by atoms with E-state index in [1.54, 1.807) is 7.11 Å². The Morgan fingerprint density at radius 1 is 0.939 bits per heavy atom. The van der Waals surface area contributed by atoms with Gasteiger partial charge < -0.3 is 14.2 Å². The minimum atomic E-state index is -0.461. The van der Waals surface area contributed by atoms with Crippen molar-refractivity contribution in [1.82, 2.24) is 0 Å². The number of carbonyl (C=O) groups excluding carboxylic acids is 1. The van der Waals surface area contributed by atoms with Crippen LogP contribution < -0.4 is 9.47 Å². The highest BCUT2D eigenvalue weighted by atomic mass is 16.6. The van der Waals surface area contributed by atoms with E-state index in [0.29, 0.717) is 23.7 Å². The predicted octanol–water partition coefficient (Wildman–Crippen LogP) is 11.1. The summed E-state index contributed by atoms with van der Waals surface area (Å²) in [6, 6.07) is 2.43. The Morgan fingerprint density at radius 2 is 1.65 bits per heavy atom. The van der Waals surface area contributed by atoms with Crippen LogP contribution in [0.5, 0.6) is 11.5 Å². The van der Waals surface area contributed by atoms with Crippen molar-refractivity contribution in [2.75, 3.05) is 7.11 Å². The first-order valence-electron chi connectivity index (χ1n) is 19.6. The zero-order valence-electron chi connectivity index (χ0n) is 32.2. The summed E-state index contributed by atoms with van der Waals surface area (Å²) in [6.07, 6.45) is 19.3. The van der Waals surface area contributed by atoms with Crippen LogP contribution in [0.1, 0.15) is 143 Å². The number of hydrogen-bond acceptors (Lipinski definition) is 4. The molecule has 0 saturated heterocycles. The lowest BCUT2D eigenvalue weighted by molar-refractivity contribution is -0.205. The molecule has 0 spiro atoms. The Bertz CT molecular complexity index is 1700. The van der Waals surface area contributed by atoms with Crippen LogP contribution in [-0.4, -0.2) is 24.3 Å². The molecule has 0 bridgehead atoms. The predicted molar refractivity (Wildman–Crippen MR) is 198 cm³/mol. The normalized spacial score (nSPS) is 47.6. The van der Waals surface area contributed by atoms with Crippen LogP contribution in [0.3, 0.4) is 0 Å². The van der Waals surface area contributed by atoms with Crippen LogP contribution >= 0.6 is 0 Å². The summed E-state index contributed by atoms with van der Waals surface area (Å²) in [5.41, 5.74) is 5.86. The van der Waals surface area contributed by atoms with Gasteiger partial charge in [0.05, 0.1) is 12.5 Å². The third kappa shape index (κ3) is 4.01. The maximum atomic E-state index is 13.2. The number of carbonyl (C=O) groups is 1. The molecule has 0 radical (unpaired) electrons. The standard InChI is InChI=1S/C45H62O4/c1-27(2)31-13-12-28(3)44-17-16-29(4)45(44,25-31)49-37-30(5)32-14-15-35-41(8,33(32)24-34(37)48-44)21-23-43(10)36-26-40(7,38(46)47-11)19-18-39(36,6)20-22-42(35,43)9/h14-16,24,28,31,35-36H,1,12-13,17-23,25-26H2,2-11H3/t28?,31?,35?,36?,39-,40-,41+,42-,43+,44-,45-/m1/s1. The number of methoxy groups -OCH3 is 1. The van der Waals surface area contributed by atoms with E-state index >= 15 is 0 Å². The quantitative estimate of drug-likeness (QED) is 0.233. The van der Waals surface area contributed by atoms with Crippen molar-refractivity contribution in [3.8, 4) is 11.5 Å². The summed E-state index contributed by atoms with van der Waals surface area (Å²) in [5, 5.41) is 0. The molecule has 8 rings (SSSR count). The monoisotopic (exact) mass is 666 g/mol. The van der Waals surface area contributed by atoms with E-state index in [4.69, 9.17) is 14.2 Å². The summed E-state index contributed by atoms with van der Waals surface area (Å²) >= 11 is 0. The van der Waals surface area contributed by atoms with Gasteiger partial charge in [-0.2, -0.15) is 0 Å². The number of ether oxygens (including phenoxy) is 3. The second-order valence-corrected chi connectivity index (χ2v) is 19.6. The zero-order chi connectivity index (χ0) is 35.2. The summed E-state index contributed by atoms with van der Waals surface area (Å²) < 4.78 is 20.4. The molecule has 1 aromatic rings. The molecule has 1 aliphatic heterocycles. The molecular formula is C45H62O4. The van der Waals surface area contributed by atoms with Crippen molar-refractivity contribution in [3.63, 3.8) is 0 Å². The van der Waals surface area contributed by atoms with Gasteiger partial charge in [-0.05, 0) is 142 Å². The topological polar surface area (TPSA) is 44.8 Å². The molecule has 4 heteroatoms. The van der Waals surface area contributed by atoms with E-state index in [1.165, 1.54) is 47.1 Å². The summed E-state index contributed by atoms with van der Waals surface area (Å²) in [4.78, 5) is 13.2. The van der Waals surface area contributed by atoms with Crippen molar-refractivity contribution < 1.29 is 19.0 Å². The molecule has 7 aliphatic rings. The number of rotatable bonds is 2. The SMILES string of the molecule is C=C(C)C1CCC(C)[C@]23CC=C(C)[C@@]2(C1)Oc1c(cc2c(c1C)C=CC1[C@@]2(C)CC[C@@]2(C)C4C[C@](C)(C(=O)OC)CC[C@]4(C)CC[C@]12C)O3. The minimum absolute atomic E-state index is 0.00822. The molecule has 4 unspecified atom stereocenters. The summed E-state index contributed by atoms with van der Waals surface area (Å²) in [6.45, 7) is 26.1. The third-order valence-corrected chi connectivity index (χ3v) is 17.4. The van der Waals surface area contributed by atoms with Crippen LogP contribution in [0.2, 0.25) is 0 Å². The molecule has 0 N–H and O–H groups in total. The fourth-order valence-corrected chi connectivity index (χ4v) is 13.7. The Kier molecular flexibility index (Phi) is 7.08. The number of allylic oxidation sites excluding steroid dienone is 2. The van der Waals surface area contributed by atoms with Gasteiger partial charge in [-0.15, -0.1) is 0 Å². The Labute approximate surface area is 296 Å². The summed E-state index contributed by atoms with van der Waals surface area (Å²) in [7, 11) is 1.57. The van der Waals surface area contributed by atoms with E-state index in [0.717, 1.165) is 62.9 Å². The van der Waals surface area contributed by atoms with Gasteiger partial charge in [-0.1, -0.05) is 65.0 Å². The highest BCUT2D eigenvalue weighted by molar-refractivity contribution is 5.76. The molecule has 1 aromatic carbocycles. The molecule has 6 aliphatic carbocycles. The Hall–Kier alpha value is -2.49. The molecule has 4 nitrogen and oxygen atoms in total. The van der Waals surface area contributed by atoms with Crippen LogP contribution in [0.25, 0.3) is 6.08 Å². The third-order valence-electron chi connectivity index (χ3n) is 17.4. The first-order valence-corrected chi connectivity index (χ1v) is 19.6. The van der Waals surface area contributed by atoms with E-state index in [1.807, 2.05) is 0 Å². The Morgan fingerprint density at radius 3 is 2.37 bits per heavy atom. The fourth-order valence-electron chi connectivity index (χ4n) is 13.7. The number of benzene rings is 1. The lowest BCUT2D eigenvalue weighted by Crippen LogP contribution is -2.65. The lowest BCUT2D eigenvalue weighted by atomic mass is 9.33. The molecular weight excluding hydrogens is 604 g/mol. The molecule has 1 heterocycles. The highest BCUT2D eigenvalue weighted by Crippen LogP contribution is 2.75. The maximum Gasteiger partial charge on any atom is 0.311 e. The fraction of sp³-hybridized carbons (Fsp3) is 0.711. The maximum absolute atomic E-state index is 13.2. The van der Waals surface area contributed by atoms with Crippen LogP contribution in [0.4, 0.5) is 0 Å². The molecule has 49 heavy (non-hydrogen) atoms. The second kappa shape index (κ2) is 10.3. The van der Waals surface area contributed by atoms with Gasteiger partial charge in [0.1, 0.15) is 0 Å². The second-order valence-electron chi connectivity index (χ2n) is 19.6. The van der Waals surface area contributed by atoms with Crippen LogP contribution in [0, 0.1) is 52.3 Å². The van der Waals surface area contributed by atoms with E-state index in [2.05, 4.69) is 93.2 Å².